The van der Waals surface area contributed by atoms with Gasteiger partial charge in [0.25, 0.3) is 10.7 Å². The molecule has 6 heteroatoms. The van der Waals surface area contributed by atoms with Gasteiger partial charge in [-0.05, 0) is 36.8 Å². The zero-order valence-corrected chi connectivity index (χ0v) is 13.3. The normalized spacial score (nSPS) is 29.1. The van der Waals surface area contributed by atoms with Crippen molar-refractivity contribution in [1.29, 1.82) is 0 Å². The third-order valence-corrected chi connectivity index (χ3v) is 5.26. The lowest BCUT2D eigenvalue weighted by molar-refractivity contribution is -0.108. The maximum atomic E-state index is 12.5. The molecule has 2 N–H and O–H groups in total. The summed E-state index contributed by atoms with van der Waals surface area (Å²) in [5.41, 5.74) is 1.97. The van der Waals surface area contributed by atoms with Crippen molar-refractivity contribution in [2.75, 3.05) is 6.61 Å². The predicted molar refractivity (Wildman–Crippen MR) is 84.3 cm³/mol. The van der Waals surface area contributed by atoms with Crippen LogP contribution in [0.3, 0.4) is 0 Å². The summed E-state index contributed by atoms with van der Waals surface area (Å²) in [5, 5.41) is 3.17. The molecule has 0 radical (unpaired) electrons. The molecule has 22 heavy (non-hydrogen) atoms. The van der Waals surface area contributed by atoms with E-state index in [4.69, 9.17) is 21.4 Å². The van der Waals surface area contributed by atoms with Crippen LogP contribution in [0.4, 0.5) is 0 Å². The van der Waals surface area contributed by atoms with Crippen LogP contribution in [0.2, 0.25) is 0 Å². The number of nitrogens with one attached hydrogen (secondary N) is 2. The van der Waals surface area contributed by atoms with Gasteiger partial charge in [-0.2, -0.15) is 0 Å². The van der Waals surface area contributed by atoms with Gasteiger partial charge >= 0.3 is 0 Å². The Morgan fingerprint density at radius 1 is 1.45 bits per heavy atom. The van der Waals surface area contributed by atoms with Crippen LogP contribution in [-0.4, -0.2) is 29.6 Å². The van der Waals surface area contributed by atoms with Gasteiger partial charge in [0.1, 0.15) is 0 Å². The highest BCUT2D eigenvalue weighted by atomic mass is 32.1. The Morgan fingerprint density at radius 2 is 2.27 bits per heavy atom. The standard InChI is InChI=1S/C16H18N2O3S/c1-16(2)12(9-5-6-20-13(9)16)18-14(19)8-3-4-10-11(7-8)21-15(22)17-10/h3-4,7,9,12-13H,5-6H2,1-2H3,(H,17,22)(H,18,19)/t9-,12+,13-/m0/s1. The fourth-order valence-corrected chi connectivity index (χ4v) is 4.13. The molecule has 3 atom stereocenters. The minimum Gasteiger partial charge on any atom is -0.429 e. The predicted octanol–water partition coefficient (Wildman–Crippen LogP) is 3.03. The average molecular weight is 318 g/mol. The lowest BCUT2D eigenvalue weighted by Crippen LogP contribution is -2.66. The molecule has 1 aromatic heterocycles. The molecule has 116 valence electrons. The number of hydrogen-bond donors (Lipinski definition) is 2. The summed E-state index contributed by atoms with van der Waals surface area (Å²) >= 11 is 4.96. The first kappa shape index (κ1) is 14.0. The van der Waals surface area contributed by atoms with E-state index in [-0.39, 0.29) is 23.5 Å². The van der Waals surface area contributed by atoms with E-state index < -0.39 is 0 Å². The first-order chi connectivity index (χ1) is 10.5. The maximum absolute atomic E-state index is 12.5. The smallest absolute Gasteiger partial charge is 0.266 e. The molecule has 1 saturated heterocycles. The Balaban J connectivity index is 1.57. The first-order valence-corrected chi connectivity index (χ1v) is 7.93. The molecule has 2 aromatic rings. The fourth-order valence-electron chi connectivity index (χ4n) is 3.93. The molecule has 1 amide bonds. The Kier molecular flexibility index (Phi) is 2.96. The molecular formula is C16H18N2O3S. The Labute approximate surface area is 133 Å². The van der Waals surface area contributed by atoms with Crippen LogP contribution in [0.1, 0.15) is 30.6 Å². The van der Waals surface area contributed by atoms with E-state index >= 15 is 0 Å². The highest BCUT2D eigenvalue weighted by Crippen LogP contribution is 2.52. The Hall–Kier alpha value is -1.66. The number of oxazole rings is 1. The van der Waals surface area contributed by atoms with Gasteiger partial charge in [0.05, 0.1) is 11.6 Å². The molecule has 4 rings (SSSR count). The van der Waals surface area contributed by atoms with E-state index in [1.165, 1.54) is 0 Å². The molecule has 1 aromatic carbocycles. The van der Waals surface area contributed by atoms with Crippen molar-refractivity contribution in [1.82, 2.24) is 10.3 Å². The number of benzene rings is 1. The van der Waals surface area contributed by atoms with Crippen LogP contribution in [0.25, 0.3) is 11.1 Å². The molecule has 2 fully saturated rings. The summed E-state index contributed by atoms with van der Waals surface area (Å²) < 4.78 is 11.1. The summed E-state index contributed by atoms with van der Waals surface area (Å²) in [6, 6.07) is 5.48. The van der Waals surface area contributed by atoms with Crippen molar-refractivity contribution in [3.05, 3.63) is 28.6 Å². The number of rotatable bonds is 2. The summed E-state index contributed by atoms with van der Waals surface area (Å²) in [7, 11) is 0. The van der Waals surface area contributed by atoms with E-state index in [9.17, 15) is 4.79 Å². The molecule has 1 saturated carbocycles. The van der Waals surface area contributed by atoms with Gasteiger partial charge in [-0.3, -0.25) is 4.79 Å². The van der Waals surface area contributed by atoms with Crippen molar-refractivity contribution in [3.63, 3.8) is 0 Å². The van der Waals surface area contributed by atoms with Gasteiger partial charge in [0.15, 0.2) is 5.58 Å². The molecule has 1 aliphatic carbocycles. The SMILES string of the molecule is CC1(C)[C@H](NC(=O)c2ccc3[nH]c(=S)oc3c2)[C@@H]2CCO[C@@H]21. The topological polar surface area (TPSA) is 67.3 Å². The van der Waals surface area contributed by atoms with Gasteiger partial charge in [0, 0.05) is 29.5 Å². The highest BCUT2D eigenvalue weighted by Gasteiger charge is 2.59. The number of aromatic amines is 1. The van der Waals surface area contributed by atoms with Crippen molar-refractivity contribution in [2.24, 2.45) is 11.3 Å². The van der Waals surface area contributed by atoms with Gasteiger partial charge in [-0.1, -0.05) is 13.8 Å². The second-order valence-corrected chi connectivity index (χ2v) is 7.11. The Morgan fingerprint density at radius 3 is 3.09 bits per heavy atom. The third kappa shape index (κ3) is 1.94. The largest absolute Gasteiger partial charge is 0.429 e. The molecule has 1 aliphatic heterocycles. The van der Waals surface area contributed by atoms with Gasteiger partial charge in [-0.15, -0.1) is 0 Å². The number of fused-ring (bicyclic) bond motifs is 2. The van der Waals surface area contributed by atoms with Crippen LogP contribution in [0.15, 0.2) is 22.6 Å². The van der Waals surface area contributed by atoms with Crippen LogP contribution >= 0.6 is 12.2 Å². The fraction of sp³-hybridized carbons (Fsp3) is 0.500. The first-order valence-electron chi connectivity index (χ1n) is 7.52. The monoisotopic (exact) mass is 318 g/mol. The second kappa shape index (κ2) is 4.67. The van der Waals surface area contributed by atoms with Crippen LogP contribution in [0, 0.1) is 16.2 Å². The van der Waals surface area contributed by atoms with E-state index in [1.54, 1.807) is 12.1 Å². The molecule has 2 heterocycles. The van der Waals surface area contributed by atoms with Gasteiger partial charge in [-0.25, -0.2) is 0 Å². The molecule has 0 unspecified atom stereocenters. The average Bonchev–Trinajstić information content (AvgIpc) is 3.07. The number of hydrogen-bond acceptors (Lipinski definition) is 4. The highest BCUT2D eigenvalue weighted by molar-refractivity contribution is 7.71. The van der Waals surface area contributed by atoms with Gasteiger partial charge in [0.2, 0.25) is 0 Å². The number of ether oxygens (including phenoxy) is 1. The number of amides is 1. The number of carbonyl (C=O) groups is 1. The number of carbonyl (C=O) groups excluding carboxylic acids is 1. The molecule has 5 nitrogen and oxygen atoms in total. The third-order valence-electron chi connectivity index (χ3n) is 5.07. The summed E-state index contributed by atoms with van der Waals surface area (Å²) in [6.07, 6.45) is 1.28. The second-order valence-electron chi connectivity index (χ2n) is 6.74. The summed E-state index contributed by atoms with van der Waals surface area (Å²) in [6.45, 7) is 5.10. The summed E-state index contributed by atoms with van der Waals surface area (Å²) in [4.78, 5) is 15.8. The summed E-state index contributed by atoms with van der Waals surface area (Å²) in [5.74, 6) is 0.353. The van der Waals surface area contributed by atoms with Gasteiger partial charge < -0.3 is 19.5 Å². The minimum absolute atomic E-state index is 0.0207. The molecule has 0 bridgehead atoms. The zero-order chi connectivity index (χ0) is 15.5. The lowest BCUT2D eigenvalue weighted by Gasteiger charge is -2.54. The van der Waals surface area contributed by atoms with Crippen LogP contribution < -0.4 is 5.32 Å². The van der Waals surface area contributed by atoms with Crippen molar-refractivity contribution in [2.45, 2.75) is 32.4 Å². The van der Waals surface area contributed by atoms with Crippen molar-refractivity contribution >= 4 is 29.2 Å². The van der Waals surface area contributed by atoms with Crippen LogP contribution in [-0.2, 0) is 4.74 Å². The van der Waals surface area contributed by atoms with E-state index in [0.29, 0.717) is 21.9 Å². The van der Waals surface area contributed by atoms with Crippen molar-refractivity contribution < 1.29 is 13.9 Å². The maximum Gasteiger partial charge on any atom is 0.266 e. The van der Waals surface area contributed by atoms with Crippen LogP contribution in [0.5, 0.6) is 0 Å². The van der Waals surface area contributed by atoms with E-state index in [0.717, 1.165) is 18.5 Å². The number of aromatic nitrogens is 1. The number of H-pyrrole nitrogens is 1. The van der Waals surface area contributed by atoms with E-state index in [2.05, 4.69) is 24.1 Å². The quantitative estimate of drug-likeness (QED) is 0.835. The minimum atomic E-state index is -0.0763. The van der Waals surface area contributed by atoms with Crippen molar-refractivity contribution in [3.8, 4) is 0 Å². The molecule has 0 spiro atoms. The molecule has 2 aliphatic rings. The lowest BCUT2D eigenvalue weighted by atomic mass is 9.57. The molecular weight excluding hydrogens is 300 g/mol. The van der Waals surface area contributed by atoms with E-state index in [1.807, 2.05) is 6.07 Å². The Bertz CT molecular complexity index is 807. The zero-order valence-electron chi connectivity index (χ0n) is 12.5.